The molecular formula is C14H17NO4. The van der Waals surface area contributed by atoms with E-state index in [0.29, 0.717) is 13.0 Å². The number of carboxylic acid groups (broad SMARTS) is 1. The van der Waals surface area contributed by atoms with Crippen LogP contribution in [0.2, 0.25) is 0 Å². The topological polar surface area (TPSA) is 66.8 Å². The van der Waals surface area contributed by atoms with Crippen LogP contribution in [0.3, 0.4) is 0 Å². The van der Waals surface area contributed by atoms with E-state index in [4.69, 9.17) is 4.74 Å². The van der Waals surface area contributed by atoms with Crippen molar-refractivity contribution < 1.29 is 19.4 Å². The maximum Gasteiger partial charge on any atom is 0.308 e. The molecule has 1 heterocycles. The van der Waals surface area contributed by atoms with Crippen LogP contribution < -0.4 is 4.90 Å². The molecule has 1 N–H and O–H groups in total. The molecule has 1 atom stereocenters. The average molecular weight is 263 g/mol. The number of hydrogen-bond donors (Lipinski definition) is 1. The number of carboxylic acids is 1. The third-order valence-corrected chi connectivity index (χ3v) is 3.32. The molecule has 0 fully saturated rings. The fraction of sp³-hybridized carbons (Fsp3) is 0.429. The van der Waals surface area contributed by atoms with Gasteiger partial charge in [0.1, 0.15) is 0 Å². The minimum Gasteiger partial charge on any atom is -0.481 e. The van der Waals surface area contributed by atoms with E-state index < -0.39 is 11.9 Å². The number of anilines is 1. The highest BCUT2D eigenvalue weighted by Gasteiger charge is 2.31. The van der Waals surface area contributed by atoms with Gasteiger partial charge < -0.3 is 14.7 Å². The molecule has 0 radical (unpaired) electrons. The van der Waals surface area contributed by atoms with Crippen molar-refractivity contribution in [3.05, 3.63) is 29.8 Å². The summed E-state index contributed by atoms with van der Waals surface area (Å²) in [5, 5.41) is 9.18. The summed E-state index contributed by atoms with van der Waals surface area (Å²) in [6.07, 6.45) is 0.733. The van der Waals surface area contributed by atoms with E-state index in [2.05, 4.69) is 0 Å². The second-order valence-electron chi connectivity index (χ2n) is 4.62. The lowest BCUT2D eigenvalue weighted by molar-refractivity contribution is -0.141. The number of rotatable bonds is 4. The van der Waals surface area contributed by atoms with Gasteiger partial charge in [0.05, 0.1) is 18.9 Å². The molecule has 19 heavy (non-hydrogen) atoms. The van der Waals surface area contributed by atoms with Crippen LogP contribution in [0, 0.1) is 5.92 Å². The van der Waals surface area contributed by atoms with E-state index in [0.717, 1.165) is 11.3 Å². The highest BCUT2D eigenvalue weighted by atomic mass is 16.5. The van der Waals surface area contributed by atoms with E-state index in [1.165, 1.54) is 7.11 Å². The van der Waals surface area contributed by atoms with Crippen molar-refractivity contribution in [2.75, 3.05) is 25.2 Å². The van der Waals surface area contributed by atoms with Crippen molar-refractivity contribution >= 4 is 17.6 Å². The number of amides is 1. The number of aliphatic carboxylic acids is 1. The minimum absolute atomic E-state index is 0.0970. The van der Waals surface area contributed by atoms with Crippen molar-refractivity contribution in [3.8, 4) is 0 Å². The van der Waals surface area contributed by atoms with Crippen molar-refractivity contribution in [1.82, 2.24) is 0 Å². The lowest BCUT2D eigenvalue weighted by Crippen LogP contribution is -2.42. The van der Waals surface area contributed by atoms with Gasteiger partial charge >= 0.3 is 5.97 Å². The second kappa shape index (κ2) is 5.84. The summed E-state index contributed by atoms with van der Waals surface area (Å²) in [5.41, 5.74) is 1.73. The van der Waals surface area contributed by atoms with Gasteiger partial charge in [-0.2, -0.15) is 0 Å². The Morgan fingerprint density at radius 1 is 1.42 bits per heavy atom. The van der Waals surface area contributed by atoms with Gasteiger partial charge in [0.2, 0.25) is 5.91 Å². The molecule has 0 spiro atoms. The minimum atomic E-state index is -0.862. The van der Waals surface area contributed by atoms with Crippen LogP contribution in [0.15, 0.2) is 24.3 Å². The number of para-hydroxylation sites is 1. The highest BCUT2D eigenvalue weighted by Crippen LogP contribution is 2.30. The first-order valence-corrected chi connectivity index (χ1v) is 6.23. The predicted molar refractivity (Wildman–Crippen MR) is 70.1 cm³/mol. The number of benzene rings is 1. The molecule has 1 aliphatic rings. The Labute approximate surface area is 111 Å². The van der Waals surface area contributed by atoms with Gasteiger partial charge in [-0.3, -0.25) is 9.59 Å². The molecule has 0 aromatic heterocycles. The molecule has 2 rings (SSSR count). The Balaban J connectivity index is 2.26. The molecule has 0 saturated carbocycles. The Bertz CT molecular complexity index is 486. The lowest BCUT2D eigenvalue weighted by Gasteiger charge is -2.33. The Morgan fingerprint density at radius 2 is 2.16 bits per heavy atom. The van der Waals surface area contributed by atoms with Crippen LogP contribution in [-0.4, -0.2) is 37.2 Å². The quantitative estimate of drug-likeness (QED) is 0.889. The molecule has 1 aromatic carbocycles. The monoisotopic (exact) mass is 263 g/mol. The Morgan fingerprint density at radius 3 is 2.84 bits per heavy atom. The first-order chi connectivity index (χ1) is 9.13. The number of fused-ring (bicyclic) bond motifs is 1. The largest absolute Gasteiger partial charge is 0.481 e. The van der Waals surface area contributed by atoms with Crippen LogP contribution >= 0.6 is 0 Å². The van der Waals surface area contributed by atoms with Crippen molar-refractivity contribution in [3.63, 3.8) is 0 Å². The normalized spacial score (nSPS) is 17.9. The molecule has 1 unspecified atom stereocenters. The van der Waals surface area contributed by atoms with E-state index in [-0.39, 0.29) is 18.9 Å². The fourth-order valence-corrected chi connectivity index (χ4v) is 2.32. The van der Waals surface area contributed by atoms with Gasteiger partial charge in [0.25, 0.3) is 0 Å². The van der Waals surface area contributed by atoms with Gasteiger partial charge in [0.15, 0.2) is 0 Å². The fourth-order valence-electron chi connectivity index (χ4n) is 2.32. The predicted octanol–water partition coefficient (Wildman–Crippen LogP) is 1.31. The summed E-state index contributed by atoms with van der Waals surface area (Å²) in [6.45, 7) is 0.574. The molecule has 1 aromatic rings. The van der Waals surface area contributed by atoms with Gasteiger partial charge in [-0.1, -0.05) is 18.2 Å². The second-order valence-corrected chi connectivity index (χ2v) is 4.62. The first-order valence-electron chi connectivity index (χ1n) is 6.23. The van der Waals surface area contributed by atoms with E-state index in [1.54, 1.807) is 4.90 Å². The summed E-state index contributed by atoms with van der Waals surface area (Å²) < 4.78 is 4.90. The van der Waals surface area contributed by atoms with Crippen LogP contribution in [-0.2, 0) is 20.7 Å². The number of nitrogens with zero attached hydrogens (tertiary/aromatic N) is 1. The van der Waals surface area contributed by atoms with E-state index >= 15 is 0 Å². The van der Waals surface area contributed by atoms with Crippen molar-refractivity contribution in [1.29, 1.82) is 0 Å². The van der Waals surface area contributed by atoms with E-state index in [9.17, 15) is 14.7 Å². The van der Waals surface area contributed by atoms with Crippen molar-refractivity contribution in [2.24, 2.45) is 5.92 Å². The van der Waals surface area contributed by atoms with Crippen LogP contribution in [0.1, 0.15) is 12.0 Å². The SMILES string of the molecule is COCCC(=O)N1CC(C(=O)O)Cc2ccccc21. The summed E-state index contributed by atoms with van der Waals surface area (Å²) in [7, 11) is 1.54. The molecule has 0 saturated heterocycles. The molecule has 0 bridgehead atoms. The number of methoxy groups -OCH3 is 1. The Kier molecular flexibility index (Phi) is 4.16. The maximum absolute atomic E-state index is 12.1. The number of carbonyl (C=O) groups excluding carboxylic acids is 1. The first kappa shape index (κ1) is 13.5. The molecule has 5 heteroatoms. The summed E-state index contributed by atoms with van der Waals surface area (Å²) in [4.78, 5) is 24.9. The zero-order valence-electron chi connectivity index (χ0n) is 10.8. The number of carbonyl (C=O) groups is 2. The third kappa shape index (κ3) is 2.93. The molecule has 102 valence electrons. The molecule has 5 nitrogen and oxygen atoms in total. The van der Waals surface area contributed by atoms with Gasteiger partial charge in [0, 0.05) is 19.3 Å². The van der Waals surface area contributed by atoms with Crippen LogP contribution in [0.4, 0.5) is 5.69 Å². The molecule has 1 amide bonds. The summed E-state index contributed by atoms with van der Waals surface area (Å²) >= 11 is 0. The summed E-state index contributed by atoms with van der Waals surface area (Å²) in [5.74, 6) is -1.50. The van der Waals surface area contributed by atoms with E-state index in [1.807, 2.05) is 24.3 Å². The number of hydrogen-bond acceptors (Lipinski definition) is 3. The van der Waals surface area contributed by atoms with Crippen LogP contribution in [0.25, 0.3) is 0 Å². The number of ether oxygens (including phenoxy) is 1. The van der Waals surface area contributed by atoms with Gasteiger partial charge in [-0.05, 0) is 18.1 Å². The zero-order chi connectivity index (χ0) is 13.8. The average Bonchev–Trinajstić information content (AvgIpc) is 2.43. The molecule has 1 aliphatic heterocycles. The molecular weight excluding hydrogens is 246 g/mol. The summed E-state index contributed by atoms with van der Waals surface area (Å²) in [6, 6.07) is 7.45. The van der Waals surface area contributed by atoms with Gasteiger partial charge in [-0.15, -0.1) is 0 Å². The standard InChI is InChI=1S/C14H17NO4/c1-19-7-6-13(16)15-9-11(14(17)18)8-10-4-2-3-5-12(10)15/h2-5,11H,6-9H2,1H3,(H,17,18). The lowest BCUT2D eigenvalue weighted by atomic mass is 9.92. The van der Waals surface area contributed by atoms with Gasteiger partial charge in [-0.25, -0.2) is 0 Å². The highest BCUT2D eigenvalue weighted by molar-refractivity contribution is 5.95. The Hall–Kier alpha value is -1.88. The third-order valence-electron chi connectivity index (χ3n) is 3.32. The van der Waals surface area contributed by atoms with Crippen molar-refractivity contribution in [2.45, 2.75) is 12.8 Å². The van der Waals surface area contributed by atoms with Crippen LogP contribution in [0.5, 0.6) is 0 Å². The molecule has 0 aliphatic carbocycles. The zero-order valence-corrected chi connectivity index (χ0v) is 10.8. The smallest absolute Gasteiger partial charge is 0.308 e. The maximum atomic E-state index is 12.1.